The molecule has 0 aromatic rings. The van der Waals surface area contributed by atoms with Gasteiger partial charge >= 0.3 is 11.9 Å². The van der Waals surface area contributed by atoms with Gasteiger partial charge in [0.25, 0.3) is 0 Å². The third-order valence-electron chi connectivity index (χ3n) is 1.83. The van der Waals surface area contributed by atoms with Crippen molar-refractivity contribution in [1.82, 2.24) is 0 Å². The Morgan fingerprint density at radius 2 is 2.38 bits per heavy atom. The first kappa shape index (κ1) is 10.0. The molecular formula is C9H14O4. The molecule has 1 unspecified atom stereocenters. The SMILES string of the molecule is CCCOC(=O)CCC1CC(=O)O1. The molecule has 0 aromatic heterocycles. The smallest absolute Gasteiger partial charge is 0.309 e. The summed E-state index contributed by atoms with van der Waals surface area (Å²) in [6, 6.07) is 0. The first-order valence-electron chi connectivity index (χ1n) is 4.57. The van der Waals surface area contributed by atoms with Gasteiger partial charge in [-0.25, -0.2) is 0 Å². The monoisotopic (exact) mass is 186 g/mol. The van der Waals surface area contributed by atoms with E-state index in [2.05, 4.69) is 0 Å². The van der Waals surface area contributed by atoms with Crippen molar-refractivity contribution < 1.29 is 19.1 Å². The Balaban J connectivity index is 1.99. The first-order chi connectivity index (χ1) is 6.22. The largest absolute Gasteiger partial charge is 0.466 e. The van der Waals surface area contributed by atoms with Crippen LogP contribution in [-0.2, 0) is 19.1 Å². The van der Waals surface area contributed by atoms with Crippen molar-refractivity contribution in [3.05, 3.63) is 0 Å². The van der Waals surface area contributed by atoms with Crippen molar-refractivity contribution in [3.63, 3.8) is 0 Å². The summed E-state index contributed by atoms with van der Waals surface area (Å²) in [6.45, 7) is 2.42. The quantitative estimate of drug-likeness (QED) is 0.602. The Morgan fingerprint density at radius 1 is 1.69 bits per heavy atom. The molecule has 1 rings (SSSR count). The van der Waals surface area contributed by atoms with Crippen molar-refractivity contribution in [2.45, 2.75) is 38.7 Å². The van der Waals surface area contributed by atoms with Crippen LogP contribution in [-0.4, -0.2) is 24.6 Å². The Bertz CT molecular complexity index is 192. The molecule has 0 amide bonds. The van der Waals surface area contributed by atoms with Gasteiger partial charge < -0.3 is 9.47 Å². The van der Waals surface area contributed by atoms with Crippen LogP contribution in [0.1, 0.15) is 32.6 Å². The molecular weight excluding hydrogens is 172 g/mol. The lowest BCUT2D eigenvalue weighted by Crippen LogP contribution is -2.33. The Morgan fingerprint density at radius 3 is 2.92 bits per heavy atom. The summed E-state index contributed by atoms with van der Waals surface area (Å²) in [7, 11) is 0. The van der Waals surface area contributed by atoms with Gasteiger partial charge in [-0.15, -0.1) is 0 Å². The molecule has 1 fully saturated rings. The van der Waals surface area contributed by atoms with Crippen LogP contribution in [0.5, 0.6) is 0 Å². The zero-order valence-corrected chi connectivity index (χ0v) is 7.75. The van der Waals surface area contributed by atoms with Gasteiger partial charge in [0.15, 0.2) is 0 Å². The third-order valence-corrected chi connectivity index (χ3v) is 1.83. The topological polar surface area (TPSA) is 52.6 Å². The summed E-state index contributed by atoms with van der Waals surface area (Å²) in [4.78, 5) is 21.4. The molecule has 1 saturated heterocycles. The molecule has 4 heteroatoms. The van der Waals surface area contributed by atoms with E-state index in [4.69, 9.17) is 9.47 Å². The van der Waals surface area contributed by atoms with E-state index in [1.165, 1.54) is 0 Å². The number of hydrogen-bond donors (Lipinski definition) is 0. The van der Waals surface area contributed by atoms with Gasteiger partial charge in [0.2, 0.25) is 0 Å². The van der Waals surface area contributed by atoms with Crippen molar-refractivity contribution in [3.8, 4) is 0 Å². The van der Waals surface area contributed by atoms with Crippen LogP contribution in [0, 0.1) is 0 Å². The highest BCUT2D eigenvalue weighted by Gasteiger charge is 2.28. The number of ether oxygens (including phenoxy) is 2. The van der Waals surface area contributed by atoms with Gasteiger partial charge in [-0.1, -0.05) is 6.92 Å². The maximum atomic E-state index is 11.0. The molecule has 1 heterocycles. The molecule has 0 bridgehead atoms. The summed E-state index contributed by atoms with van der Waals surface area (Å²) in [6.07, 6.45) is 2.17. The molecule has 0 N–H and O–H groups in total. The van der Waals surface area contributed by atoms with E-state index in [0.29, 0.717) is 25.9 Å². The zero-order chi connectivity index (χ0) is 9.68. The highest BCUT2D eigenvalue weighted by molar-refractivity contribution is 5.75. The highest BCUT2D eigenvalue weighted by atomic mass is 16.6. The average molecular weight is 186 g/mol. The van der Waals surface area contributed by atoms with E-state index in [-0.39, 0.29) is 18.0 Å². The van der Waals surface area contributed by atoms with E-state index in [9.17, 15) is 9.59 Å². The molecule has 1 aliphatic rings. The van der Waals surface area contributed by atoms with Gasteiger partial charge in [-0.3, -0.25) is 9.59 Å². The standard InChI is InChI=1S/C9H14O4/c1-2-5-12-8(10)4-3-7-6-9(11)13-7/h7H,2-6H2,1H3. The van der Waals surface area contributed by atoms with Crippen LogP contribution in [0.4, 0.5) is 0 Å². The van der Waals surface area contributed by atoms with Crippen LogP contribution in [0.25, 0.3) is 0 Å². The fourth-order valence-electron chi connectivity index (χ4n) is 1.09. The second-order valence-corrected chi connectivity index (χ2v) is 3.08. The molecule has 0 aromatic carbocycles. The summed E-state index contributed by atoms with van der Waals surface area (Å²) in [5, 5.41) is 0. The molecule has 1 atom stereocenters. The van der Waals surface area contributed by atoms with E-state index < -0.39 is 0 Å². The van der Waals surface area contributed by atoms with Crippen LogP contribution in [0.15, 0.2) is 0 Å². The Hall–Kier alpha value is -1.06. The first-order valence-corrected chi connectivity index (χ1v) is 4.57. The number of esters is 2. The van der Waals surface area contributed by atoms with E-state index in [1.54, 1.807) is 0 Å². The van der Waals surface area contributed by atoms with Crippen LogP contribution in [0.2, 0.25) is 0 Å². The normalized spacial score (nSPS) is 20.4. The summed E-state index contributed by atoms with van der Waals surface area (Å²) >= 11 is 0. The second-order valence-electron chi connectivity index (χ2n) is 3.08. The predicted molar refractivity (Wildman–Crippen MR) is 45.0 cm³/mol. The molecule has 0 spiro atoms. The zero-order valence-electron chi connectivity index (χ0n) is 7.75. The lowest BCUT2D eigenvalue weighted by atomic mass is 10.1. The Labute approximate surface area is 77.2 Å². The second kappa shape index (κ2) is 4.84. The Kier molecular flexibility index (Phi) is 3.73. The van der Waals surface area contributed by atoms with E-state index in [1.807, 2.05) is 6.92 Å². The van der Waals surface area contributed by atoms with Crippen LogP contribution in [0.3, 0.4) is 0 Å². The van der Waals surface area contributed by atoms with Gasteiger partial charge in [0, 0.05) is 6.42 Å². The van der Waals surface area contributed by atoms with Gasteiger partial charge in [-0.05, 0) is 12.8 Å². The van der Waals surface area contributed by atoms with Gasteiger partial charge in [0.05, 0.1) is 13.0 Å². The number of cyclic esters (lactones) is 1. The van der Waals surface area contributed by atoms with Crippen molar-refractivity contribution in [2.75, 3.05) is 6.61 Å². The molecule has 4 nitrogen and oxygen atoms in total. The molecule has 74 valence electrons. The number of rotatable bonds is 5. The number of carbonyl (C=O) groups is 2. The minimum atomic E-state index is -0.204. The lowest BCUT2D eigenvalue weighted by molar-refractivity contribution is -0.171. The molecule has 1 aliphatic heterocycles. The van der Waals surface area contributed by atoms with Crippen LogP contribution < -0.4 is 0 Å². The maximum Gasteiger partial charge on any atom is 0.309 e. The summed E-state index contributed by atoms with van der Waals surface area (Å²) in [5.41, 5.74) is 0. The van der Waals surface area contributed by atoms with E-state index >= 15 is 0 Å². The fraction of sp³-hybridized carbons (Fsp3) is 0.778. The molecule has 0 radical (unpaired) electrons. The fourth-order valence-corrected chi connectivity index (χ4v) is 1.09. The predicted octanol–water partition coefficient (Wildman–Crippen LogP) is 1.04. The molecule has 0 saturated carbocycles. The number of carbonyl (C=O) groups excluding carboxylic acids is 2. The summed E-state index contributed by atoms with van der Waals surface area (Å²) in [5.74, 6) is -0.378. The van der Waals surface area contributed by atoms with Crippen molar-refractivity contribution in [2.24, 2.45) is 0 Å². The van der Waals surface area contributed by atoms with Crippen LogP contribution >= 0.6 is 0 Å². The maximum absolute atomic E-state index is 11.0. The highest BCUT2D eigenvalue weighted by Crippen LogP contribution is 2.18. The van der Waals surface area contributed by atoms with Crippen molar-refractivity contribution >= 4 is 11.9 Å². The van der Waals surface area contributed by atoms with Gasteiger partial charge in [0.1, 0.15) is 6.10 Å². The third kappa shape index (κ3) is 3.44. The minimum Gasteiger partial charge on any atom is -0.466 e. The summed E-state index contributed by atoms with van der Waals surface area (Å²) < 4.78 is 9.60. The van der Waals surface area contributed by atoms with Crippen molar-refractivity contribution in [1.29, 1.82) is 0 Å². The van der Waals surface area contributed by atoms with E-state index in [0.717, 1.165) is 6.42 Å². The lowest BCUT2D eigenvalue weighted by Gasteiger charge is -2.24. The molecule has 0 aliphatic carbocycles. The minimum absolute atomic E-state index is 0.0540. The average Bonchev–Trinajstić information content (AvgIpc) is 2.07. The number of hydrogen-bond acceptors (Lipinski definition) is 4. The van der Waals surface area contributed by atoms with Gasteiger partial charge in [-0.2, -0.15) is 0 Å². The molecule has 13 heavy (non-hydrogen) atoms.